The SMILES string of the molecule is COCCOCCCNC(C)CCBr. The number of rotatable bonds is 10. The molecule has 0 rings (SSSR count). The maximum absolute atomic E-state index is 5.34. The highest BCUT2D eigenvalue weighted by Gasteiger charge is 1.98. The molecule has 0 heterocycles. The van der Waals surface area contributed by atoms with Gasteiger partial charge in [-0.2, -0.15) is 0 Å². The monoisotopic (exact) mass is 267 g/mol. The van der Waals surface area contributed by atoms with Crippen LogP contribution in [0.15, 0.2) is 0 Å². The van der Waals surface area contributed by atoms with E-state index in [1.165, 1.54) is 6.42 Å². The third kappa shape index (κ3) is 10.4. The fraction of sp³-hybridized carbons (Fsp3) is 1.00. The maximum Gasteiger partial charge on any atom is 0.0700 e. The van der Waals surface area contributed by atoms with Gasteiger partial charge in [0.05, 0.1) is 13.2 Å². The molecule has 1 N–H and O–H groups in total. The van der Waals surface area contributed by atoms with Gasteiger partial charge < -0.3 is 14.8 Å². The lowest BCUT2D eigenvalue weighted by molar-refractivity contribution is 0.0693. The molecule has 0 aromatic heterocycles. The minimum Gasteiger partial charge on any atom is -0.382 e. The van der Waals surface area contributed by atoms with Gasteiger partial charge in [-0.25, -0.2) is 0 Å². The summed E-state index contributed by atoms with van der Waals surface area (Å²) < 4.78 is 10.2. The molecule has 0 aliphatic carbocycles. The van der Waals surface area contributed by atoms with Gasteiger partial charge in [-0.3, -0.25) is 0 Å². The molecule has 0 bridgehead atoms. The maximum atomic E-state index is 5.34. The molecule has 0 radical (unpaired) electrons. The summed E-state index contributed by atoms with van der Waals surface area (Å²) >= 11 is 3.42. The van der Waals surface area contributed by atoms with E-state index in [-0.39, 0.29) is 0 Å². The van der Waals surface area contributed by atoms with Crippen molar-refractivity contribution in [1.82, 2.24) is 5.32 Å². The number of alkyl halides is 1. The van der Waals surface area contributed by atoms with Crippen LogP contribution in [0.1, 0.15) is 19.8 Å². The summed E-state index contributed by atoms with van der Waals surface area (Å²) in [4.78, 5) is 0. The quantitative estimate of drug-likeness (QED) is 0.484. The van der Waals surface area contributed by atoms with Gasteiger partial charge in [0.2, 0.25) is 0 Å². The fourth-order valence-electron chi connectivity index (χ4n) is 1.03. The van der Waals surface area contributed by atoms with Gasteiger partial charge in [-0.15, -0.1) is 0 Å². The molecule has 14 heavy (non-hydrogen) atoms. The van der Waals surface area contributed by atoms with Crippen molar-refractivity contribution in [3.8, 4) is 0 Å². The molecular weight excluding hydrogens is 246 g/mol. The van der Waals surface area contributed by atoms with Crippen LogP contribution in [-0.2, 0) is 9.47 Å². The lowest BCUT2D eigenvalue weighted by atomic mass is 10.2. The number of hydrogen-bond donors (Lipinski definition) is 1. The van der Waals surface area contributed by atoms with Crippen LogP contribution >= 0.6 is 15.9 Å². The van der Waals surface area contributed by atoms with Crippen LogP contribution < -0.4 is 5.32 Å². The molecule has 0 aromatic rings. The van der Waals surface area contributed by atoms with E-state index in [2.05, 4.69) is 28.2 Å². The lowest BCUT2D eigenvalue weighted by Gasteiger charge is -2.11. The molecule has 4 heteroatoms. The zero-order valence-corrected chi connectivity index (χ0v) is 10.8. The third-order valence-corrected chi connectivity index (χ3v) is 2.39. The zero-order valence-electron chi connectivity index (χ0n) is 9.22. The van der Waals surface area contributed by atoms with Crippen molar-refractivity contribution in [3.63, 3.8) is 0 Å². The molecule has 86 valence electrons. The Balaban J connectivity index is 2.98. The third-order valence-electron chi connectivity index (χ3n) is 1.93. The molecule has 0 aliphatic heterocycles. The van der Waals surface area contributed by atoms with E-state index in [1.807, 2.05) is 0 Å². The van der Waals surface area contributed by atoms with Crippen LogP contribution in [0.25, 0.3) is 0 Å². The number of ether oxygens (including phenoxy) is 2. The summed E-state index contributed by atoms with van der Waals surface area (Å²) in [5.41, 5.74) is 0. The smallest absolute Gasteiger partial charge is 0.0700 e. The summed E-state index contributed by atoms with van der Waals surface area (Å²) in [5.74, 6) is 0. The van der Waals surface area contributed by atoms with E-state index in [0.29, 0.717) is 19.3 Å². The van der Waals surface area contributed by atoms with Gasteiger partial charge >= 0.3 is 0 Å². The predicted molar refractivity (Wildman–Crippen MR) is 63.2 cm³/mol. The second-order valence-corrected chi connectivity index (χ2v) is 4.08. The summed E-state index contributed by atoms with van der Waals surface area (Å²) in [6, 6.07) is 0.591. The van der Waals surface area contributed by atoms with Gasteiger partial charge in [0.25, 0.3) is 0 Å². The van der Waals surface area contributed by atoms with Crippen molar-refractivity contribution >= 4 is 15.9 Å². The van der Waals surface area contributed by atoms with Crippen LogP contribution in [-0.4, -0.2) is 44.8 Å². The molecule has 0 spiro atoms. The van der Waals surface area contributed by atoms with Gasteiger partial charge in [-0.05, 0) is 26.3 Å². The Morgan fingerprint density at radius 2 is 2.07 bits per heavy atom. The van der Waals surface area contributed by atoms with E-state index >= 15 is 0 Å². The Kier molecular flexibility index (Phi) is 11.7. The Morgan fingerprint density at radius 3 is 2.71 bits per heavy atom. The van der Waals surface area contributed by atoms with Crippen LogP contribution in [0.2, 0.25) is 0 Å². The van der Waals surface area contributed by atoms with Crippen molar-refractivity contribution in [2.45, 2.75) is 25.8 Å². The summed E-state index contributed by atoms with van der Waals surface area (Å²) in [7, 11) is 1.69. The normalized spacial score (nSPS) is 13.1. The fourth-order valence-corrected chi connectivity index (χ4v) is 1.72. The molecule has 1 atom stereocenters. The number of hydrogen-bond acceptors (Lipinski definition) is 3. The zero-order chi connectivity index (χ0) is 10.6. The van der Waals surface area contributed by atoms with Crippen LogP contribution in [0.4, 0.5) is 0 Å². The van der Waals surface area contributed by atoms with Crippen molar-refractivity contribution < 1.29 is 9.47 Å². The van der Waals surface area contributed by atoms with Crippen LogP contribution in [0, 0.1) is 0 Å². The first-order chi connectivity index (χ1) is 6.81. The minimum absolute atomic E-state index is 0.591. The average Bonchev–Trinajstić information content (AvgIpc) is 2.17. The summed E-state index contributed by atoms with van der Waals surface area (Å²) in [5, 5.41) is 4.49. The van der Waals surface area contributed by atoms with Gasteiger partial charge in [0.15, 0.2) is 0 Å². The van der Waals surface area contributed by atoms with E-state index in [4.69, 9.17) is 9.47 Å². The molecule has 0 amide bonds. The Bertz CT molecular complexity index is 114. The van der Waals surface area contributed by atoms with Crippen molar-refractivity contribution in [2.24, 2.45) is 0 Å². The van der Waals surface area contributed by atoms with Crippen LogP contribution in [0.5, 0.6) is 0 Å². The largest absolute Gasteiger partial charge is 0.382 e. The molecule has 0 aliphatic rings. The Hall–Kier alpha value is 0.360. The molecular formula is C10H22BrNO2. The first-order valence-corrected chi connectivity index (χ1v) is 6.29. The summed E-state index contributed by atoms with van der Waals surface area (Å²) in [6.07, 6.45) is 2.24. The Morgan fingerprint density at radius 1 is 1.29 bits per heavy atom. The highest BCUT2D eigenvalue weighted by molar-refractivity contribution is 9.09. The topological polar surface area (TPSA) is 30.5 Å². The van der Waals surface area contributed by atoms with Crippen LogP contribution in [0.3, 0.4) is 0 Å². The highest BCUT2D eigenvalue weighted by atomic mass is 79.9. The number of halogens is 1. The molecule has 0 saturated heterocycles. The van der Waals surface area contributed by atoms with Gasteiger partial charge in [0.1, 0.15) is 0 Å². The van der Waals surface area contributed by atoms with E-state index in [9.17, 15) is 0 Å². The highest BCUT2D eigenvalue weighted by Crippen LogP contribution is 1.94. The van der Waals surface area contributed by atoms with Crippen molar-refractivity contribution in [3.05, 3.63) is 0 Å². The second kappa shape index (κ2) is 11.4. The van der Waals surface area contributed by atoms with Crippen molar-refractivity contribution in [2.75, 3.05) is 38.8 Å². The number of nitrogens with one attached hydrogen (secondary N) is 1. The second-order valence-electron chi connectivity index (χ2n) is 3.29. The van der Waals surface area contributed by atoms with E-state index in [0.717, 1.165) is 24.9 Å². The van der Waals surface area contributed by atoms with Gasteiger partial charge in [-0.1, -0.05) is 15.9 Å². The molecule has 0 saturated carbocycles. The molecule has 3 nitrogen and oxygen atoms in total. The van der Waals surface area contributed by atoms with E-state index < -0.39 is 0 Å². The molecule has 1 unspecified atom stereocenters. The van der Waals surface area contributed by atoms with Gasteiger partial charge in [0, 0.05) is 25.1 Å². The first-order valence-electron chi connectivity index (χ1n) is 5.17. The Labute approximate surface area is 95.7 Å². The van der Waals surface area contributed by atoms with Crippen molar-refractivity contribution in [1.29, 1.82) is 0 Å². The molecule has 0 aromatic carbocycles. The van der Waals surface area contributed by atoms with E-state index in [1.54, 1.807) is 7.11 Å². The number of methoxy groups -OCH3 is 1. The minimum atomic E-state index is 0.591. The first kappa shape index (κ1) is 14.4. The molecule has 0 fully saturated rings. The predicted octanol–water partition coefficient (Wildman–Crippen LogP) is 1.80. The average molecular weight is 268 g/mol. The standard InChI is InChI=1S/C10H22BrNO2/c1-10(4-5-11)12-6-3-7-14-9-8-13-2/h10,12H,3-9H2,1-2H3. The lowest BCUT2D eigenvalue weighted by Crippen LogP contribution is -2.28. The summed E-state index contributed by atoms with van der Waals surface area (Å²) in [6.45, 7) is 5.44.